The number of esters is 1. The van der Waals surface area contributed by atoms with E-state index in [4.69, 9.17) is 14.2 Å². The fourth-order valence-corrected chi connectivity index (χ4v) is 1.86. The van der Waals surface area contributed by atoms with Gasteiger partial charge in [-0.3, -0.25) is 4.79 Å². The van der Waals surface area contributed by atoms with Crippen LogP contribution in [0, 0.1) is 5.92 Å². The van der Waals surface area contributed by atoms with E-state index in [0.717, 1.165) is 17.7 Å². The summed E-state index contributed by atoms with van der Waals surface area (Å²) in [5.74, 6) is 0.996. The van der Waals surface area contributed by atoms with Crippen molar-refractivity contribution in [2.45, 2.75) is 39.4 Å². The Hall–Kier alpha value is -1.55. The minimum atomic E-state index is -0.206. The van der Waals surface area contributed by atoms with Crippen LogP contribution >= 0.6 is 0 Å². The number of epoxide rings is 1. The van der Waals surface area contributed by atoms with Crippen LogP contribution in [0.5, 0.6) is 11.5 Å². The predicted molar refractivity (Wildman–Crippen MR) is 71.4 cm³/mol. The van der Waals surface area contributed by atoms with Gasteiger partial charge in [0.2, 0.25) is 0 Å². The highest BCUT2D eigenvalue weighted by Crippen LogP contribution is 2.44. The Bertz CT molecular complexity index is 469. The maximum absolute atomic E-state index is 11.9. The Balaban J connectivity index is 2.22. The second-order valence-electron chi connectivity index (χ2n) is 4.90. The summed E-state index contributed by atoms with van der Waals surface area (Å²) in [6.45, 7) is 5.82. The minimum Gasteiger partial charge on any atom is -0.497 e. The monoisotopic (exact) mass is 264 g/mol. The Morgan fingerprint density at radius 1 is 1.47 bits per heavy atom. The van der Waals surface area contributed by atoms with E-state index in [2.05, 4.69) is 0 Å². The lowest BCUT2D eigenvalue weighted by atomic mass is 10.1. The van der Waals surface area contributed by atoms with Crippen molar-refractivity contribution < 1.29 is 19.0 Å². The molecule has 1 aromatic carbocycles. The van der Waals surface area contributed by atoms with Crippen LogP contribution in [0.4, 0.5) is 0 Å². The van der Waals surface area contributed by atoms with Gasteiger partial charge in [0.1, 0.15) is 17.6 Å². The van der Waals surface area contributed by atoms with Gasteiger partial charge in [-0.1, -0.05) is 13.8 Å². The fourth-order valence-electron chi connectivity index (χ4n) is 1.86. The first-order valence-electron chi connectivity index (χ1n) is 6.61. The molecule has 1 aliphatic rings. The van der Waals surface area contributed by atoms with Gasteiger partial charge in [0.25, 0.3) is 0 Å². The maximum atomic E-state index is 11.9. The van der Waals surface area contributed by atoms with Crippen LogP contribution in [0.1, 0.15) is 38.9 Å². The number of hydrogen-bond acceptors (Lipinski definition) is 4. The average molecular weight is 264 g/mol. The summed E-state index contributed by atoms with van der Waals surface area (Å²) in [6, 6.07) is 5.42. The third kappa shape index (κ3) is 3.07. The van der Waals surface area contributed by atoms with Crippen LogP contribution < -0.4 is 9.47 Å². The molecular weight excluding hydrogens is 244 g/mol. The van der Waals surface area contributed by atoms with Gasteiger partial charge >= 0.3 is 5.97 Å². The molecule has 4 nitrogen and oxygen atoms in total. The predicted octanol–water partition coefficient (Wildman–Crippen LogP) is 3.11. The van der Waals surface area contributed by atoms with Gasteiger partial charge in [0.05, 0.1) is 19.1 Å². The van der Waals surface area contributed by atoms with Gasteiger partial charge in [-0.2, -0.15) is 0 Å². The molecule has 0 amide bonds. The topological polar surface area (TPSA) is 48.1 Å². The van der Waals surface area contributed by atoms with E-state index in [0.29, 0.717) is 5.75 Å². The zero-order valence-electron chi connectivity index (χ0n) is 11.8. The van der Waals surface area contributed by atoms with Crippen molar-refractivity contribution in [3.63, 3.8) is 0 Å². The fraction of sp³-hybridized carbons (Fsp3) is 0.533. The van der Waals surface area contributed by atoms with Gasteiger partial charge in [0, 0.05) is 5.56 Å². The standard InChI is InChI=1S/C15H20O4/c1-5-9(2)15(16)19-13-7-6-11(17-4)8-12(13)14-10(3)18-14/h6-10,14H,5H2,1-4H3/t9-,10+,14-/m1/s1. The molecule has 3 atom stereocenters. The van der Waals surface area contributed by atoms with E-state index < -0.39 is 0 Å². The summed E-state index contributed by atoms with van der Waals surface area (Å²) in [7, 11) is 1.61. The van der Waals surface area contributed by atoms with Crippen molar-refractivity contribution in [2.75, 3.05) is 7.11 Å². The quantitative estimate of drug-likeness (QED) is 0.466. The van der Waals surface area contributed by atoms with Gasteiger partial charge < -0.3 is 14.2 Å². The van der Waals surface area contributed by atoms with Gasteiger partial charge in [-0.25, -0.2) is 0 Å². The van der Waals surface area contributed by atoms with E-state index >= 15 is 0 Å². The number of rotatable bonds is 5. The van der Waals surface area contributed by atoms with E-state index in [1.807, 2.05) is 26.8 Å². The molecule has 1 aromatic rings. The summed E-state index contributed by atoms with van der Waals surface area (Å²) >= 11 is 0. The zero-order valence-corrected chi connectivity index (χ0v) is 11.8. The first-order valence-corrected chi connectivity index (χ1v) is 6.61. The molecule has 0 bridgehead atoms. The molecule has 0 radical (unpaired) electrons. The molecule has 0 aromatic heterocycles. The zero-order chi connectivity index (χ0) is 14.0. The number of ether oxygens (including phenoxy) is 3. The van der Waals surface area contributed by atoms with Gasteiger partial charge in [-0.15, -0.1) is 0 Å². The maximum Gasteiger partial charge on any atom is 0.314 e. The van der Waals surface area contributed by atoms with Crippen molar-refractivity contribution >= 4 is 5.97 Å². The summed E-state index contributed by atoms with van der Waals surface area (Å²) < 4.78 is 16.1. The van der Waals surface area contributed by atoms with Crippen LogP contribution in [0.2, 0.25) is 0 Å². The molecule has 0 spiro atoms. The first kappa shape index (κ1) is 13.9. The second kappa shape index (κ2) is 5.61. The molecule has 0 aliphatic carbocycles. The first-order chi connectivity index (χ1) is 9.06. The molecule has 2 rings (SSSR count). The smallest absolute Gasteiger partial charge is 0.314 e. The SMILES string of the molecule is CC[C@@H](C)C(=O)Oc1ccc(OC)cc1[C@@H]1O[C@H]1C. The Labute approximate surface area is 113 Å². The Kier molecular flexibility index (Phi) is 4.10. The molecule has 104 valence electrons. The average Bonchev–Trinajstić information content (AvgIpc) is 3.15. The summed E-state index contributed by atoms with van der Waals surface area (Å²) in [5.41, 5.74) is 0.878. The largest absolute Gasteiger partial charge is 0.497 e. The van der Waals surface area contributed by atoms with Crippen LogP contribution in [-0.2, 0) is 9.53 Å². The number of carbonyl (C=O) groups is 1. The molecule has 0 N–H and O–H groups in total. The van der Waals surface area contributed by atoms with Crippen LogP contribution in [0.25, 0.3) is 0 Å². The van der Waals surface area contributed by atoms with Gasteiger partial charge in [-0.05, 0) is 31.5 Å². The second-order valence-corrected chi connectivity index (χ2v) is 4.90. The van der Waals surface area contributed by atoms with E-state index in [9.17, 15) is 4.79 Å². The van der Waals surface area contributed by atoms with Crippen molar-refractivity contribution in [1.82, 2.24) is 0 Å². The summed E-state index contributed by atoms with van der Waals surface area (Å²) in [5, 5.41) is 0. The number of methoxy groups -OCH3 is 1. The number of hydrogen-bond donors (Lipinski definition) is 0. The third-order valence-corrected chi connectivity index (χ3v) is 3.46. The molecule has 4 heteroatoms. The van der Waals surface area contributed by atoms with E-state index in [1.54, 1.807) is 19.2 Å². The van der Waals surface area contributed by atoms with Crippen molar-refractivity contribution in [2.24, 2.45) is 5.92 Å². The van der Waals surface area contributed by atoms with Crippen molar-refractivity contribution in [3.05, 3.63) is 23.8 Å². The normalized spacial score (nSPS) is 22.7. The summed E-state index contributed by atoms with van der Waals surface area (Å²) in [4.78, 5) is 11.9. The molecule has 1 aliphatic heterocycles. The van der Waals surface area contributed by atoms with E-state index in [1.165, 1.54) is 0 Å². The van der Waals surface area contributed by atoms with E-state index in [-0.39, 0.29) is 24.1 Å². The van der Waals surface area contributed by atoms with Crippen LogP contribution in [-0.4, -0.2) is 19.2 Å². The lowest BCUT2D eigenvalue weighted by molar-refractivity contribution is -0.138. The molecule has 0 unspecified atom stereocenters. The Morgan fingerprint density at radius 2 is 2.16 bits per heavy atom. The molecular formula is C15H20O4. The molecule has 0 saturated carbocycles. The molecule has 19 heavy (non-hydrogen) atoms. The van der Waals surface area contributed by atoms with Crippen LogP contribution in [0.3, 0.4) is 0 Å². The van der Waals surface area contributed by atoms with Crippen LogP contribution in [0.15, 0.2) is 18.2 Å². The number of carbonyl (C=O) groups excluding carboxylic acids is 1. The number of benzene rings is 1. The van der Waals surface area contributed by atoms with Crippen molar-refractivity contribution in [3.8, 4) is 11.5 Å². The van der Waals surface area contributed by atoms with Gasteiger partial charge in [0.15, 0.2) is 0 Å². The summed E-state index contributed by atoms with van der Waals surface area (Å²) in [6.07, 6.45) is 0.920. The lowest BCUT2D eigenvalue weighted by Gasteiger charge is -2.13. The third-order valence-electron chi connectivity index (χ3n) is 3.46. The molecule has 1 saturated heterocycles. The molecule has 1 fully saturated rings. The minimum absolute atomic E-state index is 0.00478. The highest BCUT2D eigenvalue weighted by atomic mass is 16.6. The highest BCUT2D eigenvalue weighted by molar-refractivity contribution is 5.75. The van der Waals surface area contributed by atoms with Crippen molar-refractivity contribution in [1.29, 1.82) is 0 Å². The molecule has 1 heterocycles. The lowest BCUT2D eigenvalue weighted by Crippen LogP contribution is -2.17. The Morgan fingerprint density at radius 3 is 2.68 bits per heavy atom. The highest BCUT2D eigenvalue weighted by Gasteiger charge is 2.38.